The van der Waals surface area contributed by atoms with Crippen LogP contribution in [0.4, 0.5) is 0 Å². The summed E-state index contributed by atoms with van der Waals surface area (Å²) >= 11 is 0. The molecule has 0 heterocycles. The number of amides is 1. The summed E-state index contributed by atoms with van der Waals surface area (Å²) < 4.78 is 0. The monoisotopic (exact) mass is 394 g/mol. The summed E-state index contributed by atoms with van der Waals surface area (Å²) in [5.41, 5.74) is 5.74. The first-order chi connectivity index (χ1) is 14.6. The molecular formula is C26H22N2O2. The number of carbonyl (C=O) groups is 1. The van der Waals surface area contributed by atoms with Gasteiger partial charge in [-0.3, -0.25) is 4.79 Å². The van der Waals surface area contributed by atoms with Crippen LogP contribution in [0.2, 0.25) is 0 Å². The largest absolute Gasteiger partial charge is 0.507 e. The van der Waals surface area contributed by atoms with E-state index in [0.29, 0.717) is 0 Å². The van der Waals surface area contributed by atoms with Crippen molar-refractivity contribution in [2.24, 2.45) is 5.10 Å². The molecule has 0 unspecified atom stereocenters. The molecule has 4 rings (SSSR count). The summed E-state index contributed by atoms with van der Waals surface area (Å²) in [6.45, 7) is 1.89. The summed E-state index contributed by atoms with van der Waals surface area (Å²) in [4.78, 5) is 12.7. The Morgan fingerprint density at radius 2 is 1.30 bits per heavy atom. The van der Waals surface area contributed by atoms with Gasteiger partial charge in [-0.25, -0.2) is 5.43 Å². The molecule has 0 aliphatic carbocycles. The minimum atomic E-state index is -0.447. The Bertz CT molecular complexity index is 1160. The zero-order valence-electron chi connectivity index (χ0n) is 16.6. The smallest absolute Gasteiger partial charge is 0.275 e. The van der Waals surface area contributed by atoms with Crippen molar-refractivity contribution in [3.63, 3.8) is 0 Å². The number of carbonyl (C=O) groups excluding carboxylic acids is 1. The molecule has 0 saturated heterocycles. The minimum absolute atomic E-state index is 0.0679. The molecule has 0 aliphatic rings. The molecular weight excluding hydrogens is 372 g/mol. The molecule has 4 aromatic carbocycles. The summed E-state index contributed by atoms with van der Waals surface area (Å²) in [6.07, 6.45) is 0. The second-order valence-corrected chi connectivity index (χ2v) is 7.17. The van der Waals surface area contributed by atoms with Gasteiger partial charge in [0.1, 0.15) is 5.75 Å². The highest BCUT2D eigenvalue weighted by molar-refractivity contribution is 6.02. The predicted molar refractivity (Wildman–Crippen MR) is 121 cm³/mol. The number of rotatable bonds is 5. The number of hydrogen-bond acceptors (Lipinski definition) is 3. The third-order valence-electron chi connectivity index (χ3n) is 5.13. The van der Waals surface area contributed by atoms with Crippen molar-refractivity contribution in [1.29, 1.82) is 0 Å². The first kappa shape index (κ1) is 19.4. The zero-order chi connectivity index (χ0) is 20.9. The van der Waals surface area contributed by atoms with E-state index < -0.39 is 5.91 Å². The fourth-order valence-electron chi connectivity index (χ4n) is 3.64. The number of phenols is 1. The van der Waals surface area contributed by atoms with Gasteiger partial charge in [-0.2, -0.15) is 5.10 Å². The van der Waals surface area contributed by atoms with Gasteiger partial charge < -0.3 is 5.11 Å². The molecule has 0 atom stereocenters. The molecule has 4 aromatic rings. The molecule has 4 heteroatoms. The van der Waals surface area contributed by atoms with Crippen LogP contribution in [0.15, 0.2) is 102 Å². The van der Waals surface area contributed by atoms with Crippen molar-refractivity contribution in [1.82, 2.24) is 5.43 Å². The standard InChI is InChI=1S/C26H22N2O2/c1-18(25(19-10-4-2-5-11-19)20-12-6-3-7-13-20)27-28-26(30)23-16-21-14-8-9-15-22(21)17-24(23)29/h2-17,25,29H,1H3,(H,28,30)/b27-18+. The van der Waals surface area contributed by atoms with E-state index in [1.807, 2.05) is 91.9 Å². The SMILES string of the molecule is C/C(=N\NC(=O)c1cc2ccccc2cc1O)C(c1ccccc1)c1ccccc1. The van der Waals surface area contributed by atoms with Crippen molar-refractivity contribution in [2.75, 3.05) is 0 Å². The molecule has 0 spiro atoms. The van der Waals surface area contributed by atoms with Gasteiger partial charge >= 0.3 is 0 Å². The Hall–Kier alpha value is -3.92. The van der Waals surface area contributed by atoms with E-state index in [9.17, 15) is 9.90 Å². The molecule has 148 valence electrons. The fourth-order valence-corrected chi connectivity index (χ4v) is 3.64. The van der Waals surface area contributed by atoms with Gasteiger partial charge in [0.15, 0.2) is 0 Å². The number of benzene rings is 4. The average molecular weight is 394 g/mol. The lowest BCUT2D eigenvalue weighted by Crippen LogP contribution is -2.22. The van der Waals surface area contributed by atoms with Gasteiger partial charge in [-0.15, -0.1) is 0 Å². The van der Waals surface area contributed by atoms with Gasteiger partial charge in [-0.05, 0) is 41.0 Å². The van der Waals surface area contributed by atoms with Crippen LogP contribution in [0, 0.1) is 0 Å². The summed E-state index contributed by atoms with van der Waals surface area (Å²) in [6, 6.07) is 31.0. The third kappa shape index (κ3) is 4.08. The number of phenolic OH excluding ortho intramolecular Hbond substituents is 1. The zero-order valence-corrected chi connectivity index (χ0v) is 16.6. The third-order valence-corrected chi connectivity index (χ3v) is 5.13. The summed E-state index contributed by atoms with van der Waals surface area (Å²) in [5, 5.41) is 16.4. The molecule has 0 radical (unpaired) electrons. The lowest BCUT2D eigenvalue weighted by molar-refractivity contribution is 0.0952. The van der Waals surface area contributed by atoms with Crippen LogP contribution < -0.4 is 5.43 Å². The highest BCUT2D eigenvalue weighted by Crippen LogP contribution is 2.27. The van der Waals surface area contributed by atoms with Crippen LogP contribution in [0.1, 0.15) is 34.3 Å². The fraction of sp³-hybridized carbons (Fsp3) is 0.0769. The molecule has 30 heavy (non-hydrogen) atoms. The normalized spacial score (nSPS) is 11.6. The minimum Gasteiger partial charge on any atom is -0.507 e. The van der Waals surface area contributed by atoms with Crippen molar-refractivity contribution < 1.29 is 9.90 Å². The van der Waals surface area contributed by atoms with E-state index in [4.69, 9.17) is 0 Å². The number of hydrazone groups is 1. The van der Waals surface area contributed by atoms with Gasteiger partial charge in [0.2, 0.25) is 0 Å². The van der Waals surface area contributed by atoms with E-state index >= 15 is 0 Å². The maximum atomic E-state index is 12.7. The van der Waals surface area contributed by atoms with Crippen LogP contribution in [0.5, 0.6) is 5.75 Å². The van der Waals surface area contributed by atoms with E-state index in [-0.39, 0.29) is 17.2 Å². The number of aromatic hydroxyl groups is 1. The lowest BCUT2D eigenvalue weighted by atomic mass is 9.88. The molecule has 0 bridgehead atoms. The Morgan fingerprint density at radius 3 is 1.87 bits per heavy atom. The topological polar surface area (TPSA) is 61.7 Å². The first-order valence-corrected chi connectivity index (χ1v) is 9.79. The van der Waals surface area contributed by atoms with Crippen LogP contribution >= 0.6 is 0 Å². The lowest BCUT2D eigenvalue weighted by Gasteiger charge is -2.18. The highest BCUT2D eigenvalue weighted by Gasteiger charge is 2.18. The quantitative estimate of drug-likeness (QED) is 0.348. The number of hydrogen-bond donors (Lipinski definition) is 2. The maximum absolute atomic E-state index is 12.7. The second-order valence-electron chi connectivity index (χ2n) is 7.17. The van der Waals surface area contributed by atoms with Crippen LogP contribution in [-0.4, -0.2) is 16.7 Å². The molecule has 0 saturated carbocycles. The van der Waals surface area contributed by atoms with Crippen LogP contribution in [0.3, 0.4) is 0 Å². The Morgan fingerprint density at radius 1 is 0.800 bits per heavy atom. The summed E-state index contributed by atoms with van der Waals surface area (Å²) in [7, 11) is 0. The summed E-state index contributed by atoms with van der Waals surface area (Å²) in [5.74, 6) is -0.600. The molecule has 0 fully saturated rings. The van der Waals surface area contributed by atoms with Gasteiger partial charge in [0.05, 0.1) is 5.56 Å². The van der Waals surface area contributed by atoms with Gasteiger partial charge in [0.25, 0.3) is 5.91 Å². The van der Waals surface area contributed by atoms with Crippen LogP contribution in [0.25, 0.3) is 10.8 Å². The van der Waals surface area contributed by atoms with E-state index in [1.165, 1.54) is 0 Å². The van der Waals surface area contributed by atoms with Crippen molar-refractivity contribution in [3.05, 3.63) is 114 Å². The number of nitrogens with one attached hydrogen (secondary N) is 1. The van der Waals surface area contributed by atoms with E-state index in [2.05, 4.69) is 10.5 Å². The molecule has 1 amide bonds. The number of nitrogens with zero attached hydrogens (tertiary/aromatic N) is 1. The van der Waals surface area contributed by atoms with E-state index in [1.54, 1.807) is 12.1 Å². The second kappa shape index (κ2) is 8.62. The molecule has 4 nitrogen and oxygen atoms in total. The predicted octanol–water partition coefficient (Wildman–Crippen LogP) is 5.48. The van der Waals surface area contributed by atoms with Crippen molar-refractivity contribution in [3.8, 4) is 5.75 Å². The van der Waals surface area contributed by atoms with Gasteiger partial charge in [-0.1, -0.05) is 84.9 Å². The van der Waals surface area contributed by atoms with Crippen molar-refractivity contribution in [2.45, 2.75) is 12.8 Å². The van der Waals surface area contributed by atoms with Crippen LogP contribution in [-0.2, 0) is 0 Å². The average Bonchev–Trinajstić information content (AvgIpc) is 2.78. The van der Waals surface area contributed by atoms with Crippen molar-refractivity contribution >= 4 is 22.4 Å². The Balaban J connectivity index is 1.63. The molecule has 0 aromatic heterocycles. The van der Waals surface area contributed by atoms with E-state index in [0.717, 1.165) is 27.6 Å². The molecule has 2 N–H and O–H groups in total. The Kier molecular flexibility index (Phi) is 5.57. The maximum Gasteiger partial charge on any atom is 0.275 e. The van der Waals surface area contributed by atoms with Gasteiger partial charge in [0, 0.05) is 11.6 Å². The molecule has 0 aliphatic heterocycles. The first-order valence-electron chi connectivity index (χ1n) is 9.79. The number of fused-ring (bicyclic) bond motifs is 1. The Labute approximate surface area is 175 Å². The highest BCUT2D eigenvalue weighted by atomic mass is 16.3.